The van der Waals surface area contributed by atoms with E-state index in [1.807, 2.05) is 6.92 Å². The first kappa shape index (κ1) is 23.1. The molecule has 2 rings (SSSR count). The minimum Gasteiger partial charge on any atom is -0.466 e. The van der Waals surface area contributed by atoms with Crippen LogP contribution >= 0.6 is 35.3 Å². The van der Waals surface area contributed by atoms with Crippen molar-refractivity contribution in [2.75, 3.05) is 26.7 Å². The molecular weight excluding hydrogens is 463 g/mol. The zero-order chi connectivity index (χ0) is 18.4. The van der Waals surface area contributed by atoms with Crippen molar-refractivity contribution in [2.45, 2.75) is 52.5 Å². The van der Waals surface area contributed by atoms with E-state index >= 15 is 0 Å². The third-order valence-electron chi connectivity index (χ3n) is 4.34. The highest BCUT2D eigenvalue weighted by atomic mass is 127. The topological polar surface area (TPSA) is 66.8 Å². The number of rotatable bonds is 4. The fourth-order valence-corrected chi connectivity index (χ4v) is 3.77. The van der Waals surface area contributed by atoms with E-state index in [0.717, 1.165) is 42.6 Å². The molecule has 1 N–H and O–H groups in total. The maximum Gasteiger partial charge on any atom is 0.309 e. The summed E-state index contributed by atoms with van der Waals surface area (Å²) >= 11 is 1.68. The maximum absolute atomic E-state index is 11.8. The molecule has 148 valence electrons. The number of likely N-dealkylation sites (tertiary alicyclic amines) is 1. The van der Waals surface area contributed by atoms with Crippen molar-refractivity contribution in [3.8, 4) is 0 Å². The summed E-state index contributed by atoms with van der Waals surface area (Å²) in [6.07, 6.45) is 1.62. The normalized spacial score (nSPS) is 16.2. The number of aliphatic imine (C=N–C) groups is 1. The van der Waals surface area contributed by atoms with Gasteiger partial charge in [0.1, 0.15) is 5.01 Å². The summed E-state index contributed by atoms with van der Waals surface area (Å²) in [5.74, 6) is 0.819. The van der Waals surface area contributed by atoms with Crippen molar-refractivity contribution in [2.24, 2.45) is 10.9 Å². The fourth-order valence-electron chi connectivity index (χ4n) is 2.81. The van der Waals surface area contributed by atoms with E-state index in [-0.39, 0.29) is 41.3 Å². The van der Waals surface area contributed by atoms with Crippen LogP contribution in [0, 0.1) is 5.92 Å². The van der Waals surface area contributed by atoms with Crippen LogP contribution in [0.15, 0.2) is 10.4 Å². The SMILES string of the molecule is CCOC(=O)C1CCN(C(=NC)NCc2nc(C(C)(C)C)cs2)CC1.I. The summed E-state index contributed by atoms with van der Waals surface area (Å²) in [6.45, 7) is 11.1. The quantitative estimate of drug-likeness (QED) is 0.301. The average molecular weight is 494 g/mol. The van der Waals surface area contributed by atoms with E-state index in [4.69, 9.17) is 9.72 Å². The van der Waals surface area contributed by atoms with E-state index in [1.54, 1.807) is 18.4 Å². The number of hydrogen-bond donors (Lipinski definition) is 1. The first-order valence-corrected chi connectivity index (χ1v) is 9.80. The maximum atomic E-state index is 11.8. The number of guanidine groups is 1. The number of aromatic nitrogens is 1. The van der Waals surface area contributed by atoms with Gasteiger partial charge in [-0.05, 0) is 19.8 Å². The predicted molar refractivity (Wildman–Crippen MR) is 117 cm³/mol. The zero-order valence-electron chi connectivity index (χ0n) is 16.4. The Morgan fingerprint density at radius 2 is 2.08 bits per heavy atom. The average Bonchev–Trinajstić information content (AvgIpc) is 3.05. The van der Waals surface area contributed by atoms with Gasteiger partial charge in [-0.3, -0.25) is 9.79 Å². The van der Waals surface area contributed by atoms with Crippen LogP contribution in [0.3, 0.4) is 0 Å². The van der Waals surface area contributed by atoms with Crippen LogP contribution in [-0.2, 0) is 21.5 Å². The standard InChI is InChI=1S/C18H30N4O2S.HI/c1-6-24-16(23)13-7-9-22(10-8-13)17(19-5)20-11-15-21-14(12-25-15)18(2,3)4;/h12-13H,6-11H2,1-5H3,(H,19,20);1H. The number of carbonyl (C=O) groups excluding carboxylic acids is 1. The molecule has 2 heterocycles. The van der Waals surface area contributed by atoms with Crippen LogP contribution in [0.5, 0.6) is 0 Å². The Hall–Kier alpha value is -0.900. The Balaban J connectivity index is 0.00000338. The lowest BCUT2D eigenvalue weighted by molar-refractivity contribution is -0.149. The van der Waals surface area contributed by atoms with Crippen molar-refractivity contribution in [1.82, 2.24) is 15.2 Å². The number of esters is 1. The number of nitrogens with zero attached hydrogens (tertiary/aromatic N) is 3. The van der Waals surface area contributed by atoms with E-state index < -0.39 is 0 Å². The molecule has 0 bridgehead atoms. The third-order valence-corrected chi connectivity index (χ3v) is 5.19. The van der Waals surface area contributed by atoms with Crippen molar-refractivity contribution >= 4 is 47.2 Å². The molecule has 1 saturated heterocycles. The molecule has 8 heteroatoms. The smallest absolute Gasteiger partial charge is 0.309 e. The molecule has 26 heavy (non-hydrogen) atoms. The molecular formula is C18H31IN4O2S. The molecule has 0 aliphatic carbocycles. The van der Waals surface area contributed by atoms with E-state index in [2.05, 4.69) is 41.4 Å². The van der Waals surface area contributed by atoms with Gasteiger partial charge in [0.05, 0.1) is 24.8 Å². The lowest BCUT2D eigenvalue weighted by Gasteiger charge is -2.33. The van der Waals surface area contributed by atoms with Crippen LogP contribution in [0.25, 0.3) is 0 Å². The molecule has 1 aromatic heterocycles. The first-order valence-electron chi connectivity index (χ1n) is 8.92. The molecule has 1 fully saturated rings. The monoisotopic (exact) mass is 494 g/mol. The molecule has 6 nitrogen and oxygen atoms in total. The summed E-state index contributed by atoms with van der Waals surface area (Å²) in [5, 5.41) is 6.59. The number of nitrogens with one attached hydrogen (secondary N) is 1. The zero-order valence-corrected chi connectivity index (χ0v) is 19.5. The van der Waals surface area contributed by atoms with Crippen molar-refractivity contribution in [3.05, 3.63) is 16.1 Å². The summed E-state index contributed by atoms with van der Waals surface area (Å²) < 4.78 is 5.13. The summed E-state index contributed by atoms with van der Waals surface area (Å²) in [7, 11) is 1.79. The van der Waals surface area contributed by atoms with Crippen molar-refractivity contribution in [3.63, 3.8) is 0 Å². The highest BCUT2D eigenvalue weighted by Crippen LogP contribution is 2.24. The van der Waals surface area contributed by atoms with Crippen LogP contribution < -0.4 is 5.32 Å². The largest absolute Gasteiger partial charge is 0.466 e. The second kappa shape index (κ2) is 10.4. The molecule has 0 radical (unpaired) electrons. The van der Waals surface area contributed by atoms with Gasteiger partial charge in [0.25, 0.3) is 0 Å². The van der Waals surface area contributed by atoms with E-state index in [0.29, 0.717) is 13.2 Å². The molecule has 0 saturated carbocycles. The number of ether oxygens (including phenoxy) is 1. The molecule has 0 aromatic carbocycles. The Labute approximate surface area is 177 Å². The van der Waals surface area contributed by atoms with Crippen LogP contribution in [0.2, 0.25) is 0 Å². The van der Waals surface area contributed by atoms with Crippen LogP contribution in [-0.4, -0.2) is 48.6 Å². The van der Waals surface area contributed by atoms with Gasteiger partial charge in [-0.25, -0.2) is 4.98 Å². The van der Waals surface area contributed by atoms with Crippen LogP contribution in [0.4, 0.5) is 0 Å². The first-order chi connectivity index (χ1) is 11.8. The lowest BCUT2D eigenvalue weighted by Crippen LogP contribution is -2.46. The molecule has 0 amide bonds. The highest BCUT2D eigenvalue weighted by molar-refractivity contribution is 14.0. The number of thiazole rings is 1. The predicted octanol–water partition coefficient (Wildman–Crippen LogP) is 3.41. The van der Waals surface area contributed by atoms with Gasteiger partial charge in [0, 0.05) is 30.9 Å². The Bertz CT molecular complexity index is 605. The number of carbonyl (C=O) groups is 1. The Kier molecular flexibility index (Phi) is 9.29. The number of hydrogen-bond acceptors (Lipinski definition) is 5. The molecule has 1 aliphatic rings. The van der Waals surface area contributed by atoms with E-state index in [9.17, 15) is 4.79 Å². The fraction of sp³-hybridized carbons (Fsp3) is 0.722. The summed E-state index contributed by atoms with van der Waals surface area (Å²) in [4.78, 5) is 23.1. The van der Waals surface area contributed by atoms with Gasteiger partial charge in [-0.1, -0.05) is 20.8 Å². The minimum atomic E-state index is -0.0670. The molecule has 0 spiro atoms. The molecule has 1 aliphatic heterocycles. The van der Waals surface area contributed by atoms with Gasteiger partial charge in [0.2, 0.25) is 0 Å². The molecule has 1 aromatic rings. The van der Waals surface area contributed by atoms with Crippen molar-refractivity contribution in [1.29, 1.82) is 0 Å². The number of piperidine rings is 1. The molecule has 0 atom stereocenters. The Morgan fingerprint density at radius 3 is 2.58 bits per heavy atom. The van der Waals surface area contributed by atoms with Crippen molar-refractivity contribution < 1.29 is 9.53 Å². The third kappa shape index (κ3) is 6.37. The highest BCUT2D eigenvalue weighted by Gasteiger charge is 2.27. The summed E-state index contributed by atoms with van der Waals surface area (Å²) in [5.41, 5.74) is 1.20. The van der Waals surface area contributed by atoms with Gasteiger partial charge in [-0.2, -0.15) is 0 Å². The van der Waals surface area contributed by atoms with Crippen LogP contribution in [0.1, 0.15) is 51.2 Å². The van der Waals surface area contributed by atoms with Gasteiger partial charge in [-0.15, -0.1) is 35.3 Å². The Morgan fingerprint density at radius 1 is 1.42 bits per heavy atom. The molecule has 0 unspecified atom stereocenters. The lowest BCUT2D eigenvalue weighted by atomic mass is 9.93. The van der Waals surface area contributed by atoms with Gasteiger partial charge < -0.3 is 15.0 Å². The number of halogens is 1. The second-order valence-electron chi connectivity index (χ2n) is 7.29. The van der Waals surface area contributed by atoms with Gasteiger partial charge in [0.15, 0.2) is 5.96 Å². The minimum absolute atomic E-state index is 0. The van der Waals surface area contributed by atoms with E-state index in [1.165, 1.54) is 0 Å². The summed E-state index contributed by atoms with van der Waals surface area (Å²) in [6, 6.07) is 0. The second-order valence-corrected chi connectivity index (χ2v) is 8.23. The van der Waals surface area contributed by atoms with Gasteiger partial charge >= 0.3 is 5.97 Å².